The number of fused-ring (bicyclic) bond motifs is 1. The molecule has 5 rings (SSSR count). The molecule has 2 heterocycles. The molecule has 176 valence electrons. The van der Waals surface area contributed by atoms with Crippen LogP contribution in [0.25, 0.3) is 10.9 Å². The van der Waals surface area contributed by atoms with Crippen LogP contribution in [0.5, 0.6) is 5.75 Å². The normalized spacial score (nSPS) is 25.0. The first kappa shape index (κ1) is 22.3. The Morgan fingerprint density at radius 1 is 1.12 bits per heavy atom. The number of aliphatic carboxylic acids is 1. The summed E-state index contributed by atoms with van der Waals surface area (Å²) in [5.74, 6) is -0.827. The van der Waals surface area contributed by atoms with E-state index in [1.165, 1.54) is 0 Å². The van der Waals surface area contributed by atoms with Gasteiger partial charge in [-0.15, -0.1) is 0 Å². The van der Waals surface area contributed by atoms with Gasteiger partial charge in [-0.25, -0.2) is 0 Å². The second-order valence-electron chi connectivity index (χ2n) is 9.32. The number of para-hydroxylation sites is 1. The Kier molecular flexibility index (Phi) is 5.96. The van der Waals surface area contributed by atoms with Gasteiger partial charge in [0.2, 0.25) is 5.91 Å². The van der Waals surface area contributed by atoms with Gasteiger partial charge in [0.15, 0.2) is 0 Å². The zero-order valence-electron chi connectivity index (χ0n) is 19.0. The molecule has 2 aliphatic rings. The number of carbonyl (C=O) groups excluding carboxylic acids is 1. The summed E-state index contributed by atoms with van der Waals surface area (Å²) in [6.45, 7) is 0.887. The summed E-state index contributed by atoms with van der Waals surface area (Å²) in [6.07, 6.45) is 5.41. The molecule has 0 bridgehead atoms. The van der Waals surface area contributed by atoms with Crippen molar-refractivity contribution in [3.05, 3.63) is 71.9 Å². The highest BCUT2D eigenvalue weighted by atomic mass is 16.5. The van der Waals surface area contributed by atoms with E-state index in [1.807, 2.05) is 54.6 Å². The van der Waals surface area contributed by atoms with Gasteiger partial charge in [-0.1, -0.05) is 43.2 Å². The minimum atomic E-state index is -1.14. The topological polar surface area (TPSA) is 106 Å². The van der Waals surface area contributed by atoms with Gasteiger partial charge in [-0.3, -0.25) is 14.6 Å². The standard InChI is InChI=1S/C27H29N3O4/c28-27(14-16-30(26(27)33)24-8-4-2-6-22(24)25(31)32)19-9-11-20(12-10-19)34-17-18-13-15-29-23-7-3-1-5-21(18)23/h1,3,5,7,9-13,15,22,24H,2,4,6,8,14,16-17,28H2,(H,31,32). The summed E-state index contributed by atoms with van der Waals surface area (Å²) in [6, 6.07) is 17.0. The Bertz CT molecular complexity index is 1210. The van der Waals surface area contributed by atoms with Gasteiger partial charge < -0.3 is 20.5 Å². The lowest BCUT2D eigenvalue weighted by molar-refractivity contribution is -0.148. The molecule has 1 aliphatic carbocycles. The molecule has 1 aromatic heterocycles. The summed E-state index contributed by atoms with van der Waals surface area (Å²) in [7, 11) is 0. The molecular formula is C27H29N3O4. The lowest BCUT2D eigenvalue weighted by Gasteiger charge is -2.36. The van der Waals surface area contributed by atoms with Gasteiger partial charge in [0, 0.05) is 29.7 Å². The van der Waals surface area contributed by atoms with Crippen LogP contribution in [0.2, 0.25) is 0 Å². The number of carboxylic acid groups (broad SMARTS) is 1. The van der Waals surface area contributed by atoms with Crippen molar-refractivity contribution < 1.29 is 19.4 Å². The third-order valence-corrected chi connectivity index (χ3v) is 7.34. The van der Waals surface area contributed by atoms with E-state index < -0.39 is 17.4 Å². The van der Waals surface area contributed by atoms with Crippen LogP contribution in [0.4, 0.5) is 0 Å². The summed E-state index contributed by atoms with van der Waals surface area (Å²) < 4.78 is 6.01. The molecule has 7 heteroatoms. The van der Waals surface area contributed by atoms with Gasteiger partial charge in [0.05, 0.1) is 11.4 Å². The molecular weight excluding hydrogens is 430 g/mol. The lowest BCUT2D eigenvalue weighted by atomic mass is 9.83. The Hall–Kier alpha value is -3.45. The van der Waals surface area contributed by atoms with E-state index >= 15 is 0 Å². The number of likely N-dealkylation sites (tertiary alicyclic amines) is 1. The zero-order chi connectivity index (χ0) is 23.7. The number of hydrogen-bond acceptors (Lipinski definition) is 5. The molecule has 2 aromatic carbocycles. The van der Waals surface area contributed by atoms with Crippen LogP contribution in [0.15, 0.2) is 60.8 Å². The highest BCUT2D eigenvalue weighted by Crippen LogP contribution is 2.38. The number of benzene rings is 2. The second-order valence-corrected chi connectivity index (χ2v) is 9.32. The molecule has 0 spiro atoms. The first-order chi connectivity index (χ1) is 16.5. The van der Waals surface area contributed by atoms with Crippen molar-refractivity contribution in [2.24, 2.45) is 11.7 Å². The number of nitrogens with zero attached hydrogens (tertiary/aromatic N) is 2. The highest BCUT2D eigenvalue weighted by Gasteiger charge is 2.49. The van der Waals surface area contributed by atoms with E-state index in [-0.39, 0.29) is 11.9 Å². The maximum absolute atomic E-state index is 13.4. The molecule has 3 atom stereocenters. The van der Waals surface area contributed by atoms with Gasteiger partial charge in [-0.2, -0.15) is 0 Å². The first-order valence-electron chi connectivity index (χ1n) is 11.9. The maximum Gasteiger partial charge on any atom is 0.308 e. The van der Waals surface area contributed by atoms with E-state index in [1.54, 1.807) is 11.1 Å². The molecule has 1 amide bonds. The number of carboxylic acids is 1. The summed E-state index contributed by atoms with van der Waals surface area (Å²) >= 11 is 0. The zero-order valence-corrected chi connectivity index (χ0v) is 19.0. The Morgan fingerprint density at radius 2 is 1.88 bits per heavy atom. The largest absolute Gasteiger partial charge is 0.489 e. The van der Waals surface area contributed by atoms with Crippen LogP contribution >= 0.6 is 0 Å². The molecule has 3 aromatic rings. The van der Waals surface area contributed by atoms with Crippen LogP contribution in [0.3, 0.4) is 0 Å². The smallest absolute Gasteiger partial charge is 0.308 e. The fourth-order valence-electron chi connectivity index (χ4n) is 5.41. The molecule has 1 aliphatic heterocycles. The number of amides is 1. The van der Waals surface area contributed by atoms with Crippen molar-refractivity contribution in [3.63, 3.8) is 0 Å². The average molecular weight is 460 g/mol. The predicted molar refractivity (Wildman–Crippen MR) is 128 cm³/mol. The molecule has 0 radical (unpaired) electrons. The predicted octanol–water partition coefficient (Wildman–Crippen LogP) is 3.84. The number of ether oxygens (including phenoxy) is 1. The van der Waals surface area contributed by atoms with E-state index in [0.717, 1.165) is 41.3 Å². The monoisotopic (exact) mass is 459 g/mol. The highest BCUT2D eigenvalue weighted by molar-refractivity contribution is 5.90. The van der Waals surface area contributed by atoms with E-state index in [0.29, 0.717) is 31.7 Å². The minimum absolute atomic E-state index is 0.178. The number of nitrogens with two attached hydrogens (primary N) is 1. The Balaban J connectivity index is 1.29. The van der Waals surface area contributed by atoms with Crippen molar-refractivity contribution in [1.29, 1.82) is 0 Å². The van der Waals surface area contributed by atoms with Crippen molar-refractivity contribution in [3.8, 4) is 5.75 Å². The molecule has 1 saturated carbocycles. The fraction of sp³-hybridized carbons (Fsp3) is 0.370. The van der Waals surface area contributed by atoms with Crippen molar-refractivity contribution >= 4 is 22.8 Å². The molecule has 3 unspecified atom stereocenters. The Morgan fingerprint density at radius 3 is 2.68 bits per heavy atom. The number of hydrogen-bond donors (Lipinski definition) is 2. The van der Waals surface area contributed by atoms with Gasteiger partial charge in [-0.05, 0) is 49.1 Å². The number of carbonyl (C=O) groups is 2. The second kappa shape index (κ2) is 9.06. The molecule has 7 nitrogen and oxygen atoms in total. The summed E-state index contributed by atoms with van der Waals surface area (Å²) in [5.41, 5.74) is 8.20. The Labute approximate surface area is 198 Å². The molecule has 2 fully saturated rings. The first-order valence-corrected chi connectivity index (χ1v) is 11.9. The SMILES string of the molecule is NC1(c2ccc(OCc3ccnc4ccccc34)cc2)CCN(C2CCCCC2C(=O)O)C1=O. The van der Waals surface area contributed by atoms with Crippen molar-refractivity contribution in [2.45, 2.75) is 50.3 Å². The van der Waals surface area contributed by atoms with Crippen LogP contribution < -0.4 is 10.5 Å². The van der Waals surface area contributed by atoms with E-state index in [2.05, 4.69) is 4.98 Å². The number of rotatable bonds is 6. The van der Waals surface area contributed by atoms with Gasteiger partial charge >= 0.3 is 5.97 Å². The van der Waals surface area contributed by atoms with Crippen molar-refractivity contribution in [2.75, 3.05) is 6.54 Å². The quantitative estimate of drug-likeness (QED) is 0.580. The van der Waals surface area contributed by atoms with Gasteiger partial charge in [0.25, 0.3) is 0 Å². The third kappa shape index (κ3) is 4.01. The lowest BCUT2D eigenvalue weighted by Crippen LogP contribution is -2.51. The van der Waals surface area contributed by atoms with Crippen LogP contribution in [0, 0.1) is 5.92 Å². The maximum atomic E-state index is 13.4. The summed E-state index contributed by atoms with van der Waals surface area (Å²) in [4.78, 5) is 31.2. The van der Waals surface area contributed by atoms with Crippen LogP contribution in [-0.2, 0) is 21.7 Å². The van der Waals surface area contributed by atoms with Crippen LogP contribution in [-0.4, -0.2) is 39.5 Å². The molecule has 1 saturated heterocycles. The van der Waals surface area contributed by atoms with Crippen LogP contribution in [0.1, 0.15) is 43.2 Å². The number of pyridine rings is 1. The van der Waals surface area contributed by atoms with E-state index in [9.17, 15) is 14.7 Å². The average Bonchev–Trinajstić information content (AvgIpc) is 3.18. The summed E-state index contributed by atoms with van der Waals surface area (Å²) in [5, 5.41) is 10.7. The third-order valence-electron chi connectivity index (χ3n) is 7.34. The minimum Gasteiger partial charge on any atom is -0.489 e. The van der Waals surface area contributed by atoms with Crippen molar-refractivity contribution in [1.82, 2.24) is 9.88 Å². The molecule has 3 N–H and O–H groups in total. The van der Waals surface area contributed by atoms with Gasteiger partial charge in [0.1, 0.15) is 17.9 Å². The fourth-order valence-corrected chi connectivity index (χ4v) is 5.41. The van der Waals surface area contributed by atoms with E-state index in [4.69, 9.17) is 10.5 Å². The molecule has 34 heavy (non-hydrogen) atoms. The number of aromatic nitrogens is 1.